The van der Waals surface area contributed by atoms with Gasteiger partial charge < -0.3 is 4.74 Å². The zero-order chi connectivity index (χ0) is 22.8. The van der Waals surface area contributed by atoms with Crippen molar-refractivity contribution in [3.05, 3.63) is 87.1 Å². The van der Waals surface area contributed by atoms with Crippen molar-refractivity contribution in [2.45, 2.75) is 38.2 Å². The van der Waals surface area contributed by atoms with E-state index in [2.05, 4.69) is 4.99 Å². The highest BCUT2D eigenvalue weighted by Gasteiger charge is 2.48. The number of esters is 1. The molecule has 0 aliphatic carbocycles. The van der Waals surface area contributed by atoms with E-state index in [1.807, 2.05) is 37.3 Å². The number of rotatable bonds is 6. The Morgan fingerprint density at radius 1 is 1.19 bits per heavy atom. The number of hydrogen-bond donors (Lipinski definition) is 0. The number of carbonyl (C=O) groups is 2. The van der Waals surface area contributed by atoms with Gasteiger partial charge in [0.25, 0.3) is 5.69 Å². The molecule has 2 aromatic rings. The van der Waals surface area contributed by atoms with E-state index in [9.17, 15) is 19.7 Å². The molecule has 1 fully saturated rings. The minimum Gasteiger partial charge on any atom is -0.457 e. The van der Waals surface area contributed by atoms with Gasteiger partial charge in [-0.2, -0.15) is 0 Å². The van der Waals surface area contributed by atoms with Gasteiger partial charge in [0.2, 0.25) is 5.91 Å². The number of carbonyl (C=O) groups excluding carboxylic acids is 2. The summed E-state index contributed by atoms with van der Waals surface area (Å²) in [6.07, 6.45) is 0.579. The van der Waals surface area contributed by atoms with Crippen molar-refractivity contribution in [2.24, 2.45) is 4.99 Å². The van der Waals surface area contributed by atoms with Crippen LogP contribution in [0.3, 0.4) is 0 Å². The second-order valence-electron chi connectivity index (χ2n) is 7.40. The molecule has 0 unspecified atom stereocenters. The molecule has 2 aliphatic heterocycles. The summed E-state index contributed by atoms with van der Waals surface area (Å²) < 4.78 is 5.55. The van der Waals surface area contributed by atoms with E-state index in [1.54, 1.807) is 25.1 Å². The molecule has 1 amide bonds. The first-order valence-corrected chi connectivity index (χ1v) is 11.0. The zero-order valence-electron chi connectivity index (χ0n) is 17.6. The van der Waals surface area contributed by atoms with Crippen molar-refractivity contribution < 1.29 is 19.2 Å². The van der Waals surface area contributed by atoms with E-state index >= 15 is 0 Å². The van der Waals surface area contributed by atoms with Gasteiger partial charge in [-0.3, -0.25) is 19.8 Å². The average molecular weight is 452 g/mol. The fraction of sp³-hybridized carbons (Fsp3) is 0.261. The number of nitro groups is 1. The van der Waals surface area contributed by atoms with Gasteiger partial charge in [-0.25, -0.2) is 9.79 Å². The van der Waals surface area contributed by atoms with Crippen LogP contribution in [0.5, 0.6) is 0 Å². The molecule has 2 aliphatic rings. The first kappa shape index (κ1) is 21.8. The number of hydrogen-bond acceptors (Lipinski definition) is 7. The summed E-state index contributed by atoms with van der Waals surface area (Å²) in [6, 6.07) is 14.4. The number of benzene rings is 2. The first-order chi connectivity index (χ1) is 15.4. The number of nitrogens with zero attached hydrogens (tertiary/aromatic N) is 3. The third kappa shape index (κ3) is 3.91. The lowest BCUT2D eigenvalue weighted by molar-refractivity contribution is -0.385. The minimum atomic E-state index is -0.982. The topological polar surface area (TPSA) is 102 Å². The Morgan fingerprint density at radius 2 is 1.88 bits per heavy atom. The fourth-order valence-electron chi connectivity index (χ4n) is 3.83. The van der Waals surface area contributed by atoms with E-state index in [4.69, 9.17) is 4.74 Å². The molecule has 1 saturated heterocycles. The zero-order valence-corrected chi connectivity index (χ0v) is 18.4. The lowest BCUT2D eigenvalue weighted by Crippen LogP contribution is -2.41. The molecule has 4 rings (SSSR count). The number of thioether (sulfide) groups is 1. The quantitative estimate of drug-likeness (QED) is 0.367. The molecule has 9 heteroatoms. The molecule has 2 atom stereocenters. The second kappa shape index (κ2) is 8.96. The van der Waals surface area contributed by atoms with Gasteiger partial charge in [0, 0.05) is 6.07 Å². The molecule has 0 spiro atoms. The van der Waals surface area contributed by atoms with E-state index in [0.29, 0.717) is 17.3 Å². The summed E-state index contributed by atoms with van der Waals surface area (Å²) in [7, 11) is 0. The number of ether oxygens (including phenoxy) is 1. The largest absolute Gasteiger partial charge is 0.457 e. The fourth-order valence-corrected chi connectivity index (χ4v) is 4.96. The lowest BCUT2D eigenvalue weighted by atomic mass is 9.93. The number of para-hydroxylation sites is 1. The van der Waals surface area contributed by atoms with Crippen LogP contribution in [0.4, 0.5) is 5.69 Å². The van der Waals surface area contributed by atoms with Crippen LogP contribution in [-0.2, 0) is 20.9 Å². The first-order valence-electron chi connectivity index (χ1n) is 10.2. The molecule has 8 nitrogen and oxygen atoms in total. The number of aliphatic imine (C=N–C) groups is 1. The summed E-state index contributed by atoms with van der Waals surface area (Å²) in [6.45, 7) is 3.59. The Kier molecular flexibility index (Phi) is 6.09. The van der Waals surface area contributed by atoms with Gasteiger partial charge in [0.15, 0.2) is 5.17 Å². The number of amides is 1. The Bertz CT molecular complexity index is 1150. The molecule has 2 heterocycles. The second-order valence-corrected chi connectivity index (χ2v) is 8.57. The SMILES string of the molecule is CC[C@@H]1SC2=NC(C)=C(C(=O)OCc3ccccc3)[C@@H](c3ccccc3[N+](=O)[O-])N2C1=O. The Labute approximate surface area is 189 Å². The predicted octanol–water partition coefficient (Wildman–Crippen LogP) is 4.38. The summed E-state index contributed by atoms with van der Waals surface area (Å²) in [4.78, 5) is 43.6. The molecule has 0 N–H and O–H groups in total. The van der Waals surface area contributed by atoms with Gasteiger partial charge in [-0.05, 0) is 25.0 Å². The summed E-state index contributed by atoms with van der Waals surface area (Å²) in [5.74, 6) is -0.879. The smallest absolute Gasteiger partial charge is 0.338 e. The van der Waals surface area contributed by atoms with Gasteiger partial charge in [0.05, 0.1) is 27.0 Å². The molecular formula is C23H21N3O5S. The third-order valence-electron chi connectivity index (χ3n) is 5.38. The van der Waals surface area contributed by atoms with Gasteiger partial charge >= 0.3 is 5.97 Å². The summed E-state index contributed by atoms with van der Waals surface area (Å²) >= 11 is 1.31. The van der Waals surface area contributed by atoms with E-state index in [1.165, 1.54) is 22.7 Å². The third-order valence-corrected chi connectivity index (χ3v) is 6.70. The van der Waals surface area contributed by atoms with Crippen LogP contribution < -0.4 is 0 Å². The van der Waals surface area contributed by atoms with Crippen molar-refractivity contribution >= 4 is 34.5 Å². The van der Waals surface area contributed by atoms with Gasteiger partial charge in [0.1, 0.15) is 12.6 Å². The van der Waals surface area contributed by atoms with Crippen LogP contribution in [0, 0.1) is 10.1 Å². The summed E-state index contributed by atoms with van der Waals surface area (Å²) in [5, 5.41) is 11.9. The van der Waals surface area contributed by atoms with Crippen LogP contribution in [0.15, 0.2) is 70.9 Å². The van der Waals surface area contributed by atoms with Crippen molar-refractivity contribution in [2.75, 3.05) is 0 Å². The van der Waals surface area contributed by atoms with Crippen LogP contribution in [0.1, 0.15) is 37.4 Å². The highest BCUT2D eigenvalue weighted by atomic mass is 32.2. The minimum absolute atomic E-state index is 0.0386. The number of fused-ring (bicyclic) bond motifs is 1. The molecular weight excluding hydrogens is 430 g/mol. The maximum Gasteiger partial charge on any atom is 0.338 e. The Morgan fingerprint density at radius 3 is 2.56 bits per heavy atom. The average Bonchev–Trinajstić information content (AvgIpc) is 3.12. The van der Waals surface area contributed by atoms with Crippen molar-refractivity contribution in [1.29, 1.82) is 0 Å². The molecule has 2 aromatic carbocycles. The van der Waals surface area contributed by atoms with E-state index < -0.39 is 16.9 Å². The maximum atomic E-state index is 13.2. The molecule has 0 aromatic heterocycles. The number of nitro benzene ring substituents is 1. The Balaban J connectivity index is 1.78. The summed E-state index contributed by atoms with van der Waals surface area (Å²) in [5.41, 5.74) is 1.40. The normalized spacial score (nSPS) is 20.1. The standard InChI is InChI=1S/C23H21N3O5S/c1-3-18-21(27)25-20(16-11-7-8-12-17(16)26(29)30)19(14(2)24-23(25)32-18)22(28)31-13-15-9-5-4-6-10-15/h4-12,18,20H,3,13H2,1-2H3/t18-,20+/m0/s1. The van der Waals surface area contributed by atoms with E-state index in [-0.39, 0.29) is 34.6 Å². The molecule has 0 bridgehead atoms. The van der Waals surface area contributed by atoms with Crippen LogP contribution >= 0.6 is 11.8 Å². The van der Waals surface area contributed by atoms with Crippen LogP contribution in [0.25, 0.3) is 0 Å². The van der Waals surface area contributed by atoms with Gasteiger partial charge in [-0.1, -0.05) is 61.2 Å². The van der Waals surface area contributed by atoms with Gasteiger partial charge in [-0.15, -0.1) is 0 Å². The lowest BCUT2D eigenvalue weighted by Gasteiger charge is -2.32. The predicted molar refractivity (Wildman–Crippen MR) is 121 cm³/mol. The maximum absolute atomic E-state index is 13.2. The number of allylic oxidation sites excluding steroid dienone is 1. The van der Waals surface area contributed by atoms with Crippen LogP contribution in [0.2, 0.25) is 0 Å². The highest BCUT2D eigenvalue weighted by molar-refractivity contribution is 8.15. The molecule has 0 saturated carbocycles. The highest BCUT2D eigenvalue weighted by Crippen LogP contribution is 2.46. The van der Waals surface area contributed by atoms with Crippen molar-refractivity contribution in [1.82, 2.24) is 4.90 Å². The van der Waals surface area contributed by atoms with Crippen molar-refractivity contribution in [3.8, 4) is 0 Å². The molecule has 164 valence electrons. The van der Waals surface area contributed by atoms with Crippen LogP contribution in [-0.4, -0.2) is 32.1 Å². The monoisotopic (exact) mass is 451 g/mol. The van der Waals surface area contributed by atoms with E-state index in [0.717, 1.165) is 5.56 Å². The Hall–Kier alpha value is -3.46. The van der Waals surface area contributed by atoms with Crippen molar-refractivity contribution in [3.63, 3.8) is 0 Å². The molecule has 32 heavy (non-hydrogen) atoms. The molecule has 0 radical (unpaired) electrons. The number of amidine groups is 1.